The quantitative estimate of drug-likeness (QED) is 0.730. The first-order valence-electron chi connectivity index (χ1n) is 4.11. The van der Waals surface area contributed by atoms with Crippen molar-refractivity contribution in [1.82, 2.24) is 0 Å². The molecular weight excluding hydrogens is 220 g/mol. The molecule has 1 rings (SSSR count). The van der Waals surface area contributed by atoms with Gasteiger partial charge in [-0.15, -0.1) is 0 Å². The molecule has 1 aromatic carbocycles. The van der Waals surface area contributed by atoms with Gasteiger partial charge in [0.15, 0.2) is 5.78 Å². The van der Waals surface area contributed by atoms with E-state index in [0.717, 1.165) is 0 Å². The molecule has 0 spiro atoms. The zero-order valence-corrected chi connectivity index (χ0v) is 8.57. The van der Waals surface area contributed by atoms with Crippen molar-refractivity contribution in [1.29, 1.82) is 0 Å². The third-order valence-corrected chi connectivity index (χ3v) is 2.37. The molecule has 82 valence electrons. The van der Waals surface area contributed by atoms with E-state index in [0.29, 0.717) is 5.56 Å². The average Bonchev–Trinajstić information content (AvgIpc) is 2.05. The smallest absolute Gasteiger partial charge is 0.272 e. The summed E-state index contributed by atoms with van der Waals surface area (Å²) in [5.74, 6) is -1.40. The molecule has 0 saturated carbocycles. The molecule has 0 fully saturated rings. The van der Waals surface area contributed by atoms with Crippen LogP contribution in [0.15, 0.2) is 24.3 Å². The monoisotopic (exact) mass is 230 g/mol. The second-order valence-corrected chi connectivity index (χ2v) is 4.56. The number of carbonyl (C=O) groups is 1. The van der Waals surface area contributed by atoms with Crippen LogP contribution in [0.2, 0.25) is 0 Å². The minimum absolute atomic E-state index is 0.0704. The van der Waals surface area contributed by atoms with E-state index in [-0.39, 0.29) is 12.2 Å². The molecule has 0 bridgehead atoms. The third kappa shape index (κ3) is 4.57. The summed E-state index contributed by atoms with van der Waals surface area (Å²) in [7, 11) is -4.25. The Bertz CT molecular complexity index is 446. The van der Waals surface area contributed by atoms with E-state index in [1.54, 1.807) is 0 Å². The molecule has 0 aliphatic heterocycles. The minimum Gasteiger partial charge on any atom is -0.508 e. The third-order valence-electron chi connectivity index (χ3n) is 1.68. The van der Waals surface area contributed by atoms with Gasteiger partial charge in [0, 0.05) is 6.42 Å². The molecule has 1 aromatic rings. The first-order chi connectivity index (χ1) is 6.87. The van der Waals surface area contributed by atoms with Crippen molar-refractivity contribution in [2.75, 3.05) is 5.75 Å². The van der Waals surface area contributed by atoms with E-state index in [1.807, 2.05) is 0 Å². The Kier molecular flexibility index (Phi) is 3.43. The zero-order chi connectivity index (χ0) is 11.5. The van der Waals surface area contributed by atoms with Crippen LogP contribution in [-0.4, -0.2) is 29.6 Å². The summed E-state index contributed by atoms with van der Waals surface area (Å²) in [5, 5.41) is 8.96. The van der Waals surface area contributed by atoms with Crippen molar-refractivity contribution in [3.63, 3.8) is 0 Å². The number of carbonyl (C=O) groups excluding carboxylic acids is 1. The van der Waals surface area contributed by atoms with Gasteiger partial charge < -0.3 is 5.11 Å². The molecule has 0 aliphatic carbocycles. The molecule has 0 amide bonds. The highest BCUT2D eigenvalue weighted by molar-refractivity contribution is 7.86. The van der Waals surface area contributed by atoms with E-state index >= 15 is 0 Å². The number of phenolic OH excluding ortho intramolecular Hbond substituents is 1. The lowest BCUT2D eigenvalue weighted by atomic mass is 10.1. The average molecular weight is 230 g/mol. The normalized spacial score (nSPS) is 11.3. The number of aromatic hydroxyl groups is 1. The van der Waals surface area contributed by atoms with Crippen molar-refractivity contribution in [2.24, 2.45) is 0 Å². The number of hydrogen-bond acceptors (Lipinski definition) is 4. The van der Waals surface area contributed by atoms with Gasteiger partial charge in [-0.3, -0.25) is 9.35 Å². The summed E-state index contributed by atoms with van der Waals surface area (Å²) < 4.78 is 29.2. The molecule has 15 heavy (non-hydrogen) atoms. The van der Waals surface area contributed by atoms with E-state index in [9.17, 15) is 13.2 Å². The van der Waals surface area contributed by atoms with Crippen molar-refractivity contribution in [3.8, 4) is 5.75 Å². The van der Waals surface area contributed by atoms with E-state index in [1.165, 1.54) is 24.3 Å². The van der Waals surface area contributed by atoms with Gasteiger partial charge in [-0.1, -0.05) is 12.1 Å². The highest BCUT2D eigenvalue weighted by atomic mass is 32.2. The van der Waals surface area contributed by atoms with Crippen molar-refractivity contribution >= 4 is 15.9 Å². The number of rotatable bonds is 4. The van der Waals surface area contributed by atoms with Crippen molar-refractivity contribution in [3.05, 3.63) is 29.8 Å². The van der Waals surface area contributed by atoms with Gasteiger partial charge >= 0.3 is 0 Å². The second kappa shape index (κ2) is 4.41. The maximum atomic E-state index is 11.1. The number of ketones is 1. The number of phenols is 1. The summed E-state index contributed by atoms with van der Waals surface area (Å²) in [6.07, 6.45) is -0.0833. The van der Waals surface area contributed by atoms with Crippen LogP contribution in [-0.2, 0) is 21.3 Å². The fourth-order valence-electron chi connectivity index (χ4n) is 1.10. The lowest BCUT2D eigenvalue weighted by Crippen LogP contribution is -2.16. The second-order valence-electron chi connectivity index (χ2n) is 3.11. The molecule has 0 saturated heterocycles. The molecule has 5 nitrogen and oxygen atoms in total. The molecule has 0 atom stereocenters. The predicted octanol–water partition coefficient (Wildman–Crippen LogP) is 0.392. The molecule has 6 heteroatoms. The SMILES string of the molecule is O=C(Cc1ccc(O)cc1)CS(=O)(=O)O. The number of Topliss-reactive ketones (excluding diaryl/α,β-unsaturated/α-hetero) is 1. The Hall–Kier alpha value is -1.40. The molecular formula is C9H10O5S. The standard InChI is InChI=1S/C9H10O5S/c10-8-3-1-7(2-4-8)5-9(11)6-15(12,13)14/h1-4,10H,5-6H2,(H,12,13,14). The van der Waals surface area contributed by atoms with Gasteiger partial charge in [0.25, 0.3) is 10.1 Å². The molecule has 2 N–H and O–H groups in total. The van der Waals surface area contributed by atoms with E-state index in [4.69, 9.17) is 9.66 Å². The van der Waals surface area contributed by atoms with Crippen molar-refractivity contribution < 1.29 is 22.9 Å². The Morgan fingerprint density at radius 3 is 2.20 bits per heavy atom. The van der Waals surface area contributed by atoms with Crippen LogP contribution in [0, 0.1) is 0 Å². The first-order valence-corrected chi connectivity index (χ1v) is 5.72. The molecule has 0 unspecified atom stereocenters. The van der Waals surface area contributed by atoms with Crippen molar-refractivity contribution in [2.45, 2.75) is 6.42 Å². The van der Waals surface area contributed by atoms with E-state index in [2.05, 4.69) is 0 Å². The highest BCUT2D eigenvalue weighted by Crippen LogP contribution is 2.10. The Balaban J connectivity index is 2.63. The lowest BCUT2D eigenvalue weighted by Gasteiger charge is -1.99. The van der Waals surface area contributed by atoms with Crippen LogP contribution >= 0.6 is 0 Å². The van der Waals surface area contributed by atoms with Crippen LogP contribution in [0.4, 0.5) is 0 Å². The Morgan fingerprint density at radius 1 is 1.20 bits per heavy atom. The lowest BCUT2D eigenvalue weighted by molar-refractivity contribution is -0.116. The first kappa shape index (κ1) is 11.7. The maximum absolute atomic E-state index is 11.1. The van der Waals surface area contributed by atoms with Gasteiger partial charge in [-0.05, 0) is 17.7 Å². The summed E-state index contributed by atoms with van der Waals surface area (Å²) in [5.41, 5.74) is 0.585. The maximum Gasteiger partial charge on any atom is 0.272 e. The number of benzene rings is 1. The molecule has 0 heterocycles. The van der Waals surface area contributed by atoms with Crippen LogP contribution in [0.1, 0.15) is 5.56 Å². The highest BCUT2D eigenvalue weighted by Gasteiger charge is 2.13. The Labute approximate surface area is 87.1 Å². The number of hydrogen-bond donors (Lipinski definition) is 2. The Morgan fingerprint density at radius 2 is 1.73 bits per heavy atom. The van der Waals surface area contributed by atoms with Gasteiger partial charge in [-0.25, -0.2) is 0 Å². The molecule has 0 aliphatic rings. The summed E-state index contributed by atoms with van der Waals surface area (Å²) in [6.45, 7) is 0. The van der Waals surface area contributed by atoms with Crippen LogP contribution < -0.4 is 0 Å². The minimum atomic E-state index is -4.25. The molecule has 0 radical (unpaired) electrons. The zero-order valence-electron chi connectivity index (χ0n) is 7.75. The van der Waals surface area contributed by atoms with Gasteiger partial charge in [0.2, 0.25) is 0 Å². The summed E-state index contributed by atoms with van der Waals surface area (Å²) >= 11 is 0. The fraction of sp³-hybridized carbons (Fsp3) is 0.222. The summed E-state index contributed by atoms with van der Waals surface area (Å²) in [6, 6.07) is 5.82. The largest absolute Gasteiger partial charge is 0.508 e. The predicted molar refractivity (Wildman–Crippen MR) is 53.2 cm³/mol. The van der Waals surface area contributed by atoms with Gasteiger partial charge in [-0.2, -0.15) is 8.42 Å². The molecule has 0 aromatic heterocycles. The van der Waals surface area contributed by atoms with Crippen LogP contribution in [0.3, 0.4) is 0 Å². The van der Waals surface area contributed by atoms with Gasteiger partial charge in [0.1, 0.15) is 11.5 Å². The fourth-order valence-corrected chi connectivity index (χ4v) is 1.60. The topological polar surface area (TPSA) is 91.7 Å². The van der Waals surface area contributed by atoms with Crippen LogP contribution in [0.5, 0.6) is 5.75 Å². The van der Waals surface area contributed by atoms with E-state index < -0.39 is 21.7 Å². The van der Waals surface area contributed by atoms with Crippen LogP contribution in [0.25, 0.3) is 0 Å². The summed E-state index contributed by atoms with van der Waals surface area (Å²) in [4.78, 5) is 11.1. The van der Waals surface area contributed by atoms with Gasteiger partial charge in [0.05, 0.1) is 0 Å².